The van der Waals surface area contributed by atoms with Gasteiger partial charge in [-0.2, -0.15) is 0 Å². The number of anilines is 2. The number of sulfonamides is 1. The van der Waals surface area contributed by atoms with E-state index in [1.807, 2.05) is 0 Å². The molecule has 2 N–H and O–H groups in total. The summed E-state index contributed by atoms with van der Waals surface area (Å²) in [7, 11) is -2.51. The summed E-state index contributed by atoms with van der Waals surface area (Å²) >= 11 is 0.940. The van der Waals surface area contributed by atoms with Crippen molar-refractivity contribution < 1.29 is 22.9 Å². The molecule has 0 atom stereocenters. The molecule has 160 valence electrons. The van der Waals surface area contributed by atoms with Crippen molar-refractivity contribution in [2.45, 2.75) is 4.90 Å². The van der Waals surface area contributed by atoms with Crippen molar-refractivity contribution in [1.82, 2.24) is 9.97 Å². The normalized spacial score (nSPS) is 11.3. The molecule has 0 spiro atoms. The molecule has 3 aromatic rings. The van der Waals surface area contributed by atoms with Gasteiger partial charge in [0, 0.05) is 28.8 Å². The smallest absolute Gasteiger partial charge is 0.324 e. The largest absolute Gasteiger partial charge is 0.481 e. The molecular formula is C18H15N5O6S2. The monoisotopic (exact) mass is 461 g/mol. The predicted octanol–water partition coefficient (Wildman–Crippen LogP) is 2.91. The van der Waals surface area contributed by atoms with Gasteiger partial charge in [-0.15, -0.1) is 0 Å². The van der Waals surface area contributed by atoms with Gasteiger partial charge < -0.3 is 10.1 Å². The molecular weight excluding hydrogens is 446 g/mol. The number of nitrogens with zero attached hydrogens (tertiary/aromatic N) is 3. The number of carbonyl (C=O) groups excluding carboxylic acids is 1. The van der Waals surface area contributed by atoms with Gasteiger partial charge in [0.15, 0.2) is 0 Å². The second kappa shape index (κ2) is 9.32. The first-order chi connectivity index (χ1) is 14.8. The molecule has 0 aliphatic carbocycles. The maximum Gasteiger partial charge on any atom is 0.324 e. The highest BCUT2D eigenvalue weighted by Gasteiger charge is 2.15. The number of aromatic nitrogens is 2. The molecule has 0 fully saturated rings. The Morgan fingerprint density at radius 3 is 2.58 bits per heavy atom. The van der Waals surface area contributed by atoms with Gasteiger partial charge in [0.1, 0.15) is 12.1 Å². The van der Waals surface area contributed by atoms with Gasteiger partial charge in [0.05, 0.1) is 16.9 Å². The lowest BCUT2D eigenvalue weighted by molar-refractivity contribution is -0.380. The minimum atomic E-state index is -3.91. The Balaban J connectivity index is 1.64. The van der Waals surface area contributed by atoms with Crippen molar-refractivity contribution in [2.75, 3.05) is 17.1 Å². The van der Waals surface area contributed by atoms with E-state index in [1.165, 1.54) is 61.7 Å². The zero-order chi connectivity index (χ0) is 22.4. The van der Waals surface area contributed by atoms with Crippen LogP contribution in [0.15, 0.2) is 59.8 Å². The van der Waals surface area contributed by atoms with E-state index in [4.69, 9.17) is 4.74 Å². The molecule has 2 heterocycles. The lowest BCUT2D eigenvalue weighted by Crippen LogP contribution is -2.14. The molecule has 2 aromatic heterocycles. The Labute approximate surface area is 180 Å². The lowest BCUT2D eigenvalue weighted by atomic mass is 10.3. The number of nitrogens with one attached hydrogen (secondary N) is 2. The zero-order valence-electron chi connectivity index (χ0n) is 15.9. The van der Waals surface area contributed by atoms with Crippen molar-refractivity contribution in [3.8, 4) is 5.88 Å². The van der Waals surface area contributed by atoms with Crippen molar-refractivity contribution in [2.24, 2.45) is 0 Å². The van der Waals surface area contributed by atoms with Crippen molar-refractivity contribution in [1.29, 1.82) is 0 Å². The summed E-state index contributed by atoms with van der Waals surface area (Å²) in [4.78, 5) is 30.3. The Kier molecular flexibility index (Phi) is 6.57. The first-order valence-corrected chi connectivity index (χ1v) is 10.8. The van der Waals surface area contributed by atoms with Gasteiger partial charge in [-0.3, -0.25) is 19.6 Å². The predicted molar refractivity (Wildman–Crippen MR) is 114 cm³/mol. The van der Waals surface area contributed by atoms with Crippen LogP contribution in [0.1, 0.15) is 4.88 Å². The Morgan fingerprint density at radius 2 is 1.94 bits per heavy atom. The van der Waals surface area contributed by atoms with Crippen LogP contribution in [0.4, 0.5) is 16.5 Å². The number of carbonyl (C=O) groups is 1. The number of amides is 1. The number of nitro groups is 1. The molecule has 1 amide bonds. The van der Waals surface area contributed by atoms with E-state index in [1.54, 1.807) is 0 Å². The fourth-order valence-electron chi connectivity index (χ4n) is 2.29. The summed E-state index contributed by atoms with van der Waals surface area (Å²) in [5.41, 5.74) is 0.370. The van der Waals surface area contributed by atoms with Gasteiger partial charge in [-0.05, 0) is 36.4 Å². The number of rotatable bonds is 8. The van der Waals surface area contributed by atoms with Gasteiger partial charge >= 0.3 is 5.00 Å². The first-order valence-electron chi connectivity index (χ1n) is 8.49. The summed E-state index contributed by atoms with van der Waals surface area (Å²) in [6, 6.07) is 9.72. The average Bonchev–Trinajstić information content (AvgIpc) is 3.22. The number of ether oxygens (including phenoxy) is 1. The fraction of sp³-hybridized carbons (Fsp3) is 0.0556. The Hall–Kier alpha value is -3.84. The molecule has 11 nitrogen and oxygen atoms in total. The van der Waals surface area contributed by atoms with E-state index < -0.39 is 20.9 Å². The third-order valence-electron chi connectivity index (χ3n) is 3.71. The maximum atomic E-state index is 12.5. The van der Waals surface area contributed by atoms with Crippen LogP contribution in [0.2, 0.25) is 0 Å². The SMILES string of the molecule is COc1cc(NS(=O)(=O)c2ccc(NC(=O)/C=C\c3ccc([N+](=O)[O-])s3)cc2)ncn1. The molecule has 0 aliphatic rings. The van der Waals surface area contributed by atoms with E-state index in [-0.39, 0.29) is 21.6 Å². The van der Waals surface area contributed by atoms with Crippen LogP contribution in [0.3, 0.4) is 0 Å². The van der Waals surface area contributed by atoms with Gasteiger partial charge in [0.25, 0.3) is 10.0 Å². The van der Waals surface area contributed by atoms with E-state index in [0.717, 1.165) is 17.7 Å². The summed E-state index contributed by atoms with van der Waals surface area (Å²) in [6.07, 6.45) is 3.84. The molecule has 0 unspecified atom stereocenters. The summed E-state index contributed by atoms with van der Waals surface area (Å²) in [6.45, 7) is 0. The van der Waals surface area contributed by atoms with Crippen molar-refractivity contribution in [3.05, 3.63) is 69.9 Å². The average molecular weight is 461 g/mol. The molecule has 13 heteroatoms. The standard InChI is InChI=1S/C18H15N5O6S2/c1-29-17-10-15(19-11-20-17)22-31(27,28)14-6-2-12(3-7-14)21-16(24)8-4-13-5-9-18(30-13)23(25)26/h2-11H,1H3,(H,21,24)(H,19,20,22)/b8-4-. The second-order valence-corrected chi connectivity index (χ2v) is 8.61. The summed E-state index contributed by atoms with van der Waals surface area (Å²) in [5, 5.41) is 13.2. The highest BCUT2D eigenvalue weighted by Crippen LogP contribution is 2.25. The second-order valence-electron chi connectivity index (χ2n) is 5.83. The van der Waals surface area contributed by atoms with Crippen LogP contribution in [-0.4, -0.2) is 36.3 Å². The Morgan fingerprint density at radius 1 is 1.19 bits per heavy atom. The molecule has 0 aliphatic heterocycles. The van der Waals surface area contributed by atoms with E-state index in [0.29, 0.717) is 10.6 Å². The van der Waals surface area contributed by atoms with E-state index >= 15 is 0 Å². The zero-order valence-corrected chi connectivity index (χ0v) is 17.5. The highest BCUT2D eigenvalue weighted by atomic mass is 32.2. The topological polar surface area (TPSA) is 153 Å². The molecule has 1 aromatic carbocycles. The third kappa shape index (κ3) is 5.83. The van der Waals surface area contributed by atoms with Crippen LogP contribution in [0, 0.1) is 10.1 Å². The maximum absolute atomic E-state index is 12.5. The molecule has 31 heavy (non-hydrogen) atoms. The minimum Gasteiger partial charge on any atom is -0.481 e. The minimum absolute atomic E-state index is 0.0223. The molecule has 3 rings (SSSR count). The van der Waals surface area contributed by atoms with Gasteiger partial charge in [-0.1, -0.05) is 11.3 Å². The van der Waals surface area contributed by atoms with Crippen LogP contribution < -0.4 is 14.8 Å². The van der Waals surface area contributed by atoms with Crippen LogP contribution in [0.25, 0.3) is 6.08 Å². The first kappa shape index (κ1) is 21.9. The van der Waals surface area contributed by atoms with E-state index in [9.17, 15) is 23.3 Å². The van der Waals surface area contributed by atoms with Gasteiger partial charge in [0.2, 0.25) is 11.8 Å². The number of benzene rings is 1. The highest BCUT2D eigenvalue weighted by molar-refractivity contribution is 7.92. The van der Waals surface area contributed by atoms with Crippen molar-refractivity contribution in [3.63, 3.8) is 0 Å². The summed E-state index contributed by atoms with van der Waals surface area (Å²) in [5.74, 6) is -0.225. The molecule has 0 saturated heterocycles. The molecule has 0 bridgehead atoms. The lowest BCUT2D eigenvalue weighted by Gasteiger charge is -2.09. The quantitative estimate of drug-likeness (QED) is 0.295. The summed E-state index contributed by atoms with van der Waals surface area (Å²) < 4.78 is 32.2. The van der Waals surface area contributed by atoms with Crippen LogP contribution in [0.5, 0.6) is 5.88 Å². The fourth-order valence-corrected chi connectivity index (χ4v) is 4.02. The van der Waals surface area contributed by atoms with Crippen LogP contribution in [-0.2, 0) is 14.8 Å². The number of methoxy groups -OCH3 is 1. The third-order valence-corrected chi connectivity index (χ3v) is 6.09. The van der Waals surface area contributed by atoms with Crippen molar-refractivity contribution >= 4 is 49.8 Å². The number of thiophene rings is 1. The number of hydrogen-bond acceptors (Lipinski definition) is 9. The Bertz CT molecular complexity index is 1240. The van der Waals surface area contributed by atoms with Crippen LogP contribution >= 0.6 is 11.3 Å². The van der Waals surface area contributed by atoms with E-state index in [2.05, 4.69) is 20.0 Å². The molecule has 0 radical (unpaired) electrons. The molecule has 0 saturated carbocycles. The number of hydrogen-bond donors (Lipinski definition) is 2. The van der Waals surface area contributed by atoms with Gasteiger partial charge in [-0.25, -0.2) is 18.4 Å².